The maximum Gasteiger partial charge on any atom is 0.325 e. The molecule has 8 nitrogen and oxygen atoms in total. The number of nitro groups is 1. The smallest absolute Gasteiger partial charge is 0.325 e. The van der Waals surface area contributed by atoms with Crippen LogP contribution < -0.4 is 4.80 Å². The summed E-state index contributed by atoms with van der Waals surface area (Å²) in [7, 11) is 1.30. The third-order valence-electron chi connectivity index (χ3n) is 3.81. The molecule has 0 saturated carbocycles. The van der Waals surface area contributed by atoms with Crippen molar-refractivity contribution in [3.63, 3.8) is 0 Å². The molecule has 0 radical (unpaired) electrons. The first kappa shape index (κ1) is 19.6. The Kier molecular flexibility index (Phi) is 5.81. The monoisotopic (exact) mass is 417 g/mol. The maximum atomic E-state index is 12.3. The van der Waals surface area contributed by atoms with Gasteiger partial charge in [-0.05, 0) is 30.7 Å². The predicted molar refractivity (Wildman–Crippen MR) is 107 cm³/mol. The summed E-state index contributed by atoms with van der Waals surface area (Å²) in [6.07, 6.45) is 2.72. The zero-order chi connectivity index (χ0) is 20.3. The van der Waals surface area contributed by atoms with E-state index in [2.05, 4.69) is 4.99 Å². The van der Waals surface area contributed by atoms with E-state index < -0.39 is 16.8 Å². The van der Waals surface area contributed by atoms with Crippen molar-refractivity contribution in [2.75, 3.05) is 7.11 Å². The summed E-state index contributed by atoms with van der Waals surface area (Å²) in [6.45, 7) is 1.85. The fourth-order valence-corrected chi connectivity index (χ4v) is 4.38. The second-order valence-electron chi connectivity index (χ2n) is 5.69. The van der Waals surface area contributed by atoms with Crippen molar-refractivity contribution in [1.29, 1.82) is 0 Å². The Hall–Kier alpha value is -3.11. The number of para-hydroxylation sites is 1. The van der Waals surface area contributed by atoms with Crippen LogP contribution in [0.2, 0.25) is 0 Å². The number of benzene rings is 1. The number of aryl methyl sites for hydroxylation is 1. The van der Waals surface area contributed by atoms with Gasteiger partial charge in [0.1, 0.15) is 6.54 Å². The van der Waals surface area contributed by atoms with Gasteiger partial charge in [0.05, 0.1) is 22.2 Å². The van der Waals surface area contributed by atoms with Gasteiger partial charge in [0.2, 0.25) is 0 Å². The molecule has 144 valence electrons. The highest BCUT2D eigenvalue weighted by Crippen LogP contribution is 2.25. The van der Waals surface area contributed by atoms with E-state index in [1.54, 1.807) is 10.6 Å². The lowest BCUT2D eigenvalue weighted by molar-refractivity contribution is -0.380. The molecule has 0 aliphatic rings. The second kappa shape index (κ2) is 8.28. The topological polar surface area (TPSA) is 104 Å². The van der Waals surface area contributed by atoms with Crippen LogP contribution in [0.1, 0.15) is 10.4 Å². The molecule has 28 heavy (non-hydrogen) atoms. The molecule has 0 spiro atoms. The third kappa shape index (κ3) is 4.24. The number of hydrogen-bond donors (Lipinski definition) is 0. The molecule has 1 aromatic carbocycles. The van der Waals surface area contributed by atoms with E-state index >= 15 is 0 Å². The fraction of sp³-hybridized carbons (Fsp3) is 0.167. The molecule has 2 aromatic heterocycles. The Labute approximate surface area is 167 Å². The van der Waals surface area contributed by atoms with Gasteiger partial charge in [0.15, 0.2) is 4.80 Å². The largest absolute Gasteiger partial charge is 0.468 e. The Bertz CT molecular complexity index is 1170. The van der Waals surface area contributed by atoms with Crippen molar-refractivity contribution in [1.82, 2.24) is 4.57 Å². The number of ether oxygens (including phenoxy) is 1. The normalized spacial score (nSPS) is 12.0. The van der Waals surface area contributed by atoms with Gasteiger partial charge in [-0.25, -0.2) is 0 Å². The number of amides is 1. The van der Waals surface area contributed by atoms with Crippen molar-refractivity contribution in [2.45, 2.75) is 13.5 Å². The molecule has 0 saturated heterocycles. The minimum Gasteiger partial charge on any atom is -0.468 e. The van der Waals surface area contributed by atoms with Crippen LogP contribution in [0.5, 0.6) is 0 Å². The number of rotatable bonds is 5. The number of esters is 1. The van der Waals surface area contributed by atoms with Crippen LogP contribution in [-0.2, 0) is 20.9 Å². The number of thiophene rings is 1. The zero-order valence-electron chi connectivity index (χ0n) is 14.9. The molecule has 0 atom stereocenters. The summed E-state index contributed by atoms with van der Waals surface area (Å²) in [6, 6.07) is 8.65. The zero-order valence-corrected chi connectivity index (χ0v) is 16.6. The van der Waals surface area contributed by atoms with Gasteiger partial charge in [0.25, 0.3) is 5.91 Å². The highest BCUT2D eigenvalue weighted by molar-refractivity contribution is 7.16. The van der Waals surface area contributed by atoms with E-state index in [1.807, 2.05) is 25.1 Å². The molecule has 3 aromatic rings. The molecule has 0 aliphatic heterocycles. The van der Waals surface area contributed by atoms with Gasteiger partial charge in [-0.1, -0.05) is 34.8 Å². The molecule has 0 aliphatic carbocycles. The van der Waals surface area contributed by atoms with Crippen LogP contribution in [0, 0.1) is 17.0 Å². The van der Waals surface area contributed by atoms with E-state index in [1.165, 1.54) is 36.7 Å². The highest BCUT2D eigenvalue weighted by atomic mass is 32.1. The van der Waals surface area contributed by atoms with Crippen LogP contribution in [0.15, 0.2) is 41.4 Å². The molecule has 0 unspecified atom stereocenters. The lowest BCUT2D eigenvalue weighted by atomic mass is 10.2. The number of aromatic nitrogens is 1. The van der Waals surface area contributed by atoms with E-state index in [0.29, 0.717) is 9.68 Å². The molecule has 2 heterocycles. The number of methoxy groups -OCH3 is 1. The van der Waals surface area contributed by atoms with Crippen LogP contribution >= 0.6 is 22.7 Å². The van der Waals surface area contributed by atoms with Gasteiger partial charge in [-0.3, -0.25) is 19.7 Å². The van der Waals surface area contributed by atoms with Crippen LogP contribution in [0.3, 0.4) is 0 Å². The van der Waals surface area contributed by atoms with E-state index in [0.717, 1.165) is 27.1 Å². The number of thiazole rings is 1. The summed E-state index contributed by atoms with van der Waals surface area (Å²) in [5.41, 5.74) is 1.77. The SMILES string of the molecule is COC(=O)Cn1c(=NC(=O)C=Cc2ccc([N+](=O)[O-])s2)sc2cccc(C)c21. The first-order valence-electron chi connectivity index (χ1n) is 8.06. The average Bonchev–Trinajstić information content (AvgIpc) is 3.26. The summed E-state index contributed by atoms with van der Waals surface area (Å²) in [5, 5.41) is 10.7. The standard InChI is InChI=1S/C18H15N3O5S2/c1-11-4-3-5-13-17(11)20(10-16(23)26-2)18(28-13)19-14(22)8-6-12-7-9-15(27-12)21(24)25/h3-9H,10H2,1-2H3. The van der Waals surface area contributed by atoms with Crippen LogP contribution in [0.25, 0.3) is 16.3 Å². The van der Waals surface area contributed by atoms with Crippen molar-refractivity contribution in [3.05, 3.63) is 61.8 Å². The Balaban J connectivity index is 1.97. The maximum absolute atomic E-state index is 12.3. The number of carbonyl (C=O) groups excluding carboxylic acids is 2. The highest BCUT2D eigenvalue weighted by Gasteiger charge is 2.13. The van der Waals surface area contributed by atoms with E-state index in [-0.39, 0.29) is 11.5 Å². The summed E-state index contributed by atoms with van der Waals surface area (Å²) >= 11 is 2.26. The van der Waals surface area contributed by atoms with Gasteiger partial charge in [-0.15, -0.1) is 0 Å². The van der Waals surface area contributed by atoms with Gasteiger partial charge < -0.3 is 9.30 Å². The van der Waals surface area contributed by atoms with Crippen molar-refractivity contribution in [3.8, 4) is 0 Å². The Morgan fingerprint density at radius 1 is 1.29 bits per heavy atom. The second-order valence-corrected chi connectivity index (χ2v) is 7.79. The summed E-state index contributed by atoms with van der Waals surface area (Å²) < 4.78 is 7.30. The predicted octanol–water partition coefficient (Wildman–Crippen LogP) is 3.29. The Morgan fingerprint density at radius 2 is 2.07 bits per heavy atom. The lowest BCUT2D eigenvalue weighted by Gasteiger charge is -2.05. The molecule has 10 heteroatoms. The molecule has 1 amide bonds. The quantitative estimate of drug-likeness (QED) is 0.274. The molecule has 0 N–H and O–H groups in total. The molecule has 0 bridgehead atoms. The van der Waals surface area contributed by atoms with Crippen molar-refractivity contribution >= 4 is 55.8 Å². The summed E-state index contributed by atoms with van der Waals surface area (Å²) in [4.78, 5) is 39.4. The molecular formula is C18H15N3O5S2. The van der Waals surface area contributed by atoms with E-state index in [4.69, 9.17) is 4.74 Å². The molecule has 3 rings (SSSR count). The van der Waals surface area contributed by atoms with Gasteiger partial charge in [-0.2, -0.15) is 4.99 Å². The number of nitrogens with zero attached hydrogens (tertiary/aromatic N) is 3. The first-order chi connectivity index (χ1) is 13.4. The molecule has 0 fully saturated rings. The third-order valence-corrected chi connectivity index (χ3v) is 5.85. The number of carbonyl (C=O) groups is 2. The average molecular weight is 417 g/mol. The fourth-order valence-electron chi connectivity index (χ4n) is 2.55. The van der Waals surface area contributed by atoms with Gasteiger partial charge in [0, 0.05) is 17.0 Å². The van der Waals surface area contributed by atoms with Crippen molar-refractivity contribution in [2.24, 2.45) is 4.99 Å². The summed E-state index contributed by atoms with van der Waals surface area (Å²) in [5.74, 6) is -0.975. The van der Waals surface area contributed by atoms with Crippen molar-refractivity contribution < 1.29 is 19.2 Å². The van der Waals surface area contributed by atoms with Crippen LogP contribution in [0.4, 0.5) is 5.00 Å². The number of hydrogen-bond acceptors (Lipinski definition) is 7. The number of fused-ring (bicyclic) bond motifs is 1. The van der Waals surface area contributed by atoms with Gasteiger partial charge >= 0.3 is 11.0 Å². The first-order valence-corrected chi connectivity index (χ1v) is 9.69. The lowest BCUT2D eigenvalue weighted by Crippen LogP contribution is -2.22. The minimum atomic E-state index is -0.529. The minimum absolute atomic E-state index is 0.0000563. The van der Waals surface area contributed by atoms with E-state index in [9.17, 15) is 19.7 Å². The molecular weight excluding hydrogens is 402 g/mol. The Morgan fingerprint density at radius 3 is 2.75 bits per heavy atom. The van der Waals surface area contributed by atoms with Crippen LogP contribution in [-0.4, -0.2) is 28.5 Å².